The molecule has 0 atom stereocenters. The lowest BCUT2D eigenvalue weighted by atomic mass is 10.3. The number of hydrogen-bond donors (Lipinski definition) is 1. The first kappa shape index (κ1) is 15.8. The summed E-state index contributed by atoms with van der Waals surface area (Å²) in [6, 6.07) is 10.1. The van der Waals surface area contributed by atoms with Gasteiger partial charge in [-0.3, -0.25) is 4.31 Å². The number of sulfonamides is 1. The van der Waals surface area contributed by atoms with E-state index in [2.05, 4.69) is 15.9 Å². The molecule has 0 aromatic heterocycles. The first-order valence-electron chi connectivity index (χ1n) is 6.20. The van der Waals surface area contributed by atoms with Crippen molar-refractivity contribution < 1.29 is 12.8 Å². The quantitative estimate of drug-likeness (QED) is 0.836. The third-order valence-electron chi connectivity index (χ3n) is 2.97. The number of nitrogen functional groups attached to an aromatic ring is 1. The Morgan fingerprint density at radius 3 is 2.48 bits per heavy atom. The molecule has 0 spiro atoms. The number of hydrogen-bond acceptors (Lipinski definition) is 3. The summed E-state index contributed by atoms with van der Waals surface area (Å²) in [5.74, 6) is -0.586. The molecule has 0 saturated heterocycles. The summed E-state index contributed by atoms with van der Waals surface area (Å²) < 4.78 is 40.7. The molecule has 0 aliphatic carbocycles. The second-order valence-corrected chi connectivity index (χ2v) is 7.02. The fraction of sp³-hybridized carbons (Fsp3) is 0.143. The van der Waals surface area contributed by atoms with Crippen LogP contribution < -0.4 is 10.0 Å². The normalized spacial score (nSPS) is 11.4. The number of para-hydroxylation sites is 1. The van der Waals surface area contributed by atoms with Crippen molar-refractivity contribution in [2.24, 2.45) is 0 Å². The van der Waals surface area contributed by atoms with Crippen LogP contribution >= 0.6 is 15.9 Å². The summed E-state index contributed by atoms with van der Waals surface area (Å²) in [4.78, 5) is 0.0497. The maximum atomic E-state index is 13.9. The molecule has 0 amide bonds. The second-order valence-electron chi connectivity index (χ2n) is 4.30. The lowest BCUT2D eigenvalue weighted by Gasteiger charge is -2.23. The van der Waals surface area contributed by atoms with Crippen LogP contribution in [0.15, 0.2) is 51.8 Å². The van der Waals surface area contributed by atoms with Crippen molar-refractivity contribution in [2.75, 3.05) is 16.6 Å². The second kappa shape index (κ2) is 6.03. The monoisotopic (exact) mass is 372 g/mol. The molecule has 0 bridgehead atoms. The third-order valence-corrected chi connectivity index (χ3v) is 5.54. The van der Waals surface area contributed by atoms with Gasteiger partial charge >= 0.3 is 0 Å². The van der Waals surface area contributed by atoms with Crippen LogP contribution in [0.25, 0.3) is 0 Å². The van der Waals surface area contributed by atoms with Crippen LogP contribution in [0.5, 0.6) is 0 Å². The van der Waals surface area contributed by atoms with Gasteiger partial charge in [0.25, 0.3) is 10.0 Å². The van der Waals surface area contributed by atoms with Gasteiger partial charge in [-0.25, -0.2) is 12.8 Å². The van der Waals surface area contributed by atoms with Crippen LogP contribution in [0.4, 0.5) is 15.8 Å². The van der Waals surface area contributed by atoms with Crippen molar-refractivity contribution in [1.29, 1.82) is 0 Å². The lowest BCUT2D eigenvalue weighted by Crippen LogP contribution is -2.31. The number of anilines is 2. The number of nitrogens with two attached hydrogens (primary N) is 1. The molecular weight excluding hydrogens is 359 g/mol. The molecule has 2 aromatic carbocycles. The summed E-state index contributed by atoms with van der Waals surface area (Å²) in [7, 11) is -3.86. The van der Waals surface area contributed by atoms with Crippen LogP contribution in [0, 0.1) is 5.82 Å². The molecule has 0 radical (unpaired) electrons. The van der Waals surface area contributed by atoms with E-state index in [1.165, 1.54) is 36.4 Å². The number of benzene rings is 2. The molecule has 2 N–H and O–H groups in total. The number of halogens is 2. The van der Waals surface area contributed by atoms with E-state index in [0.29, 0.717) is 10.2 Å². The summed E-state index contributed by atoms with van der Waals surface area (Å²) >= 11 is 3.20. The summed E-state index contributed by atoms with van der Waals surface area (Å²) in [5.41, 5.74) is 6.12. The minimum absolute atomic E-state index is 0.0212. The smallest absolute Gasteiger partial charge is 0.264 e. The van der Waals surface area contributed by atoms with Crippen LogP contribution in [0.1, 0.15) is 6.92 Å². The highest BCUT2D eigenvalue weighted by atomic mass is 79.9. The van der Waals surface area contributed by atoms with E-state index < -0.39 is 15.8 Å². The molecule has 2 aromatic rings. The maximum Gasteiger partial charge on any atom is 0.264 e. The Morgan fingerprint density at radius 2 is 1.90 bits per heavy atom. The predicted molar refractivity (Wildman–Crippen MR) is 85.2 cm³/mol. The van der Waals surface area contributed by atoms with Gasteiger partial charge in [0.2, 0.25) is 0 Å². The maximum absolute atomic E-state index is 13.9. The molecule has 7 heteroatoms. The molecule has 0 unspecified atom stereocenters. The van der Waals surface area contributed by atoms with Gasteiger partial charge in [0.1, 0.15) is 5.82 Å². The summed E-state index contributed by atoms with van der Waals surface area (Å²) in [6.45, 7) is 1.77. The highest BCUT2D eigenvalue weighted by Gasteiger charge is 2.26. The van der Waals surface area contributed by atoms with Gasteiger partial charge in [-0.05, 0) is 53.2 Å². The third kappa shape index (κ3) is 3.03. The van der Waals surface area contributed by atoms with Crippen molar-refractivity contribution >= 4 is 37.3 Å². The molecule has 21 heavy (non-hydrogen) atoms. The van der Waals surface area contributed by atoms with Crippen LogP contribution in [-0.2, 0) is 10.0 Å². The van der Waals surface area contributed by atoms with Gasteiger partial charge in [-0.15, -0.1) is 0 Å². The Balaban J connectivity index is 2.55. The average Bonchev–Trinajstić information content (AvgIpc) is 2.44. The minimum Gasteiger partial charge on any atom is -0.398 e. The van der Waals surface area contributed by atoms with Crippen molar-refractivity contribution in [1.82, 2.24) is 0 Å². The zero-order valence-electron chi connectivity index (χ0n) is 11.3. The first-order chi connectivity index (χ1) is 9.87. The summed E-state index contributed by atoms with van der Waals surface area (Å²) in [5, 5.41) is 0. The highest BCUT2D eigenvalue weighted by Crippen LogP contribution is 2.29. The van der Waals surface area contributed by atoms with Gasteiger partial charge in [-0.2, -0.15) is 0 Å². The Bertz CT molecular complexity index is 765. The van der Waals surface area contributed by atoms with Gasteiger partial charge in [0, 0.05) is 16.7 Å². The number of nitrogens with zero attached hydrogens (tertiary/aromatic N) is 1. The molecule has 0 fully saturated rings. The molecule has 0 heterocycles. The van der Waals surface area contributed by atoms with Gasteiger partial charge in [0.05, 0.1) is 10.6 Å². The Hall–Kier alpha value is -1.60. The van der Waals surface area contributed by atoms with E-state index in [1.54, 1.807) is 13.0 Å². The van der Waals surface area contributed by atoms with E-state index in [0.717, 1.165) is 4.31 Å². The lowest BCUT2D eigenvalue weighted by molar-refractivity contribution is 0.586. The minimum atomic E-state index is -3.86. The van der Waals surface area contributed by atoms with Crippen LogP contribution in [0.3, 0.4) is 0 Å². The SMILES string of the molecule is CCN(c1ccccc1F)S(=O)(=O)c1ccc(N)c(Br)c1. The van der Waals surface area contributed by atoms with E-state index in [1.807, 2.05) is 0 Å². The average molecular weight is 373 g/mol. The van der Waals surface area contributed by atoms with Crippen molar-refractivity contribution in [2.45, 2.75) is 11.8 Å². The van der Waals surface area contributed by atoms with E-state index in [4.69, 9.17) is 5.73 Å². The fourth-order valence-electron chi connectivity index (χ4n) is 1.92. The zero-order chi connectivity index (χ0) is 15.6. The number of rotatable bonds is 4. The van der Waals surface area contributed by atoms with Crippen LogP contribution in [0.2, 0.25) is 0 Å². The van der Waals surface area contributed by atoms with Gasteiger partial charge in [-0.1, -0.05) is 12.1 Å². The van der Waals surface area contributed by atoms with E-state index in [-0.39, 0.29) is 17.1 Å². The Kier molecular flexibility index (Phi) is 4.53. The van der Waals surface area contributed by atoms with Gasteiger partial charge in [0.15, 0.2) is 0 Å². The van der Waals surface area contributed by atoms with E-state index >= 15 is 0 Å². The molecule has 2 rings (SSSR count). The molecule has 0 saturated carbocycles. The van der Waals surface area contributed by atoms with Gasteiger partial charge < -0.3 is 5.73 Å². The fourth-order valence-corrected chi connectivity index (χ4v) is 3.96. The molecule has 0 aliphatic rings. The molecular formula is C14H14BrFN2O2S. The standard InChI is InChI=1S/C14H14BrFN2O2S/c1-2-18(14-6-4-3-5-12(14)16)21(19,20)10-7-8-13(17)11(15)9-10/h3-9H,2,17H2,1H3. The largest absolute Gasteiger partial charge is 0.398 e. The van der Waals surface area contributed by atoms with Crippen LogP contribution in [-0.4, -0.2) is 15.0 Å². The van der Waals surface area contributed by atoms with Crippen molar-refractivity contribution in [3.05, 3.63) is 52.8 Å². The molecule has 4 nitrogen and oxygen atoms in total. The summed E-state index contributed by atoms with van der Waals surface area (Å²) in [6.07, 6.45) is 0. The Labute approximate surface area is 131 Å². The Morgan fingerprint density at radius 1 is 1.24 bits per heavy atom. The molecule has 112 valence electrons. The first-order valence-corrected chi connectivity index (χ1v) is 8.43. The predicted octanol–water partition coefficient (Wildman–Crippen LogP) is 3.39. The van der Waals surface area contributed by atoms with E-state index in [9.17, 15) is 12.8 Å². The topological polar surface area (TPSA) is 63.4 Å². The van der Waals surface area contributed by atoms with Crippen molar-refractivity contribution in [3.8, 4) is 0 Å². The van der Waals surface area contributed by atoms with Crippen molar-refractivity contribution in [3.63, 3.8) is 0 Å². The zero-order valence-corrected chi connectivity index (χ0v) is 13.7. The highest BCUT2D eigenvalue weighted by molar-refractivity contribution is 9.10. The molecule has 0 aliphatic heterocycles.